The lowest BCUT2D eigenvalue weighted by molar-refractivity contribution is -0.384. The first kappa shape index (κ1) is 20.6. The van der Waals surface area contributed by atoms with Crippen LogP contribution in [0.5, 0.6) is 5.75 Å². The minimum atomic E-state index is -0.752. The molecule has 1 amide bonds. The van der Waals surface area contributed by atoms with E-state index in [9.17, 15) is 19.3 Å². The van der Waals surface area contributed by atoms with Crippen LogP contribution < -0.4 is 15.4 Å². The molecule has 7 nitrogen and oxygen atoms in total. The summed E-state index contributed by atoms with van der Waals surface area (Å²) in [5.74, 6) is -1.03. The summed E-state index contributed by atoms with van der Waals surface area (Å²) >= 11 is 8.50. The Labute approximate surface area is 178 Å². The van der Waals surface area contributed by atoms with E-state index in [0.717, 1.165) is 29.0 Å². The average molecular weight is 478 g/mol. The van der Waals surface area contributed by atoms with Crippen molar-refractivity contribution < 1.29 is 18.8 Å². The van der Waals surface area contributed by atoms with Gasteiger partial charge in [0.1, 0.15) is 11.6 Å². The van der Waals surface area contributed by atoms with E-state index in [1.54, 1.807) is 6.07 Å². The molecule has 148 valence electrons. The van der Waals surface area contributed by atoms with E-state index in [-0.39, 0.29) is 22.1 Å². The van der Waals surface area contributed by atoms with Crippen molar-refractivity contribution in [3.8, 4) is 5.75 Å². The molecule has 3 rings (SSSR count). The number of fused-ring (bicyclic) bond motifs is 1. The van der Waals surface area contributed by atoms with E-state index in [1.165, 1.54) is 7.11 Å². The fourth-order valence-corrected chi connectivity index (χ4v) is 3.64. The topological polar surface area (TPSA) is 93.5 Å². The number of benzene rings is 3. The molecular weight excluding hydrogens is 465 g/mol. The number of nitrogens with zero attached hydrogens (tertiary/aromatic N) is 1. The molecule has 0 bridgehead atoms. The molecule has 0 fully saturated rings. The van der Waals surface area contributed by atoms with Gasteiger partial charge in [0, 0.05) is 12.1 Å². The number of carbonyl (C=O) groups excluding carboxylic acids is 1. The van der Waals surface area contributed by atoms with Crippen LogP contribution in [0.25, 0.3) is 10.8 Å². The van der Waals surface area contributed by atoms with Crippen molar-refractivity contribution >= 4 is 61.3 Å². The number of hydrogen-bond donors (Lipinski definition) is 2. The highest BCUT2D eigenvalue weighted by Gasteiger charge is 2.20. The Morgan fingerprint density at radius 3 is 2.66 bits per heavy atom. The van der Waals surface area contributed by atoms with Gasteiger partial charge in [-0.3, -0.25) is 20.2 Å². The minimum absolute atomic E-state index is 0.210. The van der Waals surface area contributed by atoms with Crippen LogP contribution in [-0.4, -0.2) is 23.1 Å². The SMILES string of the molecule is COc1c(C(=O)NC(=S)Nc2cc([N+](=O)[O-])ccc2F)cc2ccccc2c1Br. The number of hydrogen-bond acceptors (Lipinski definition) is 5. The van der Waals surface area contributed by atoms with Crippen LogP contribution >= 0.6 is 28.1 Å². The smallest absolute Gasteiger partial charge is 0.271 e. The van der Waals surface area contributed by atoms with Crippen LogP contribution in [0, 0.1) is 15.9 Å². The summed E-state index contributed by atoms with van der Waals surface area (Å²) < 4.78 is 19.9. The number of ether oxygens (including phenoxy) is 1. The lowest BCUT2D eigenvalue weighted by Crippen LogP contribution is -2.34. The van der Waals surface area contributed by atoms with E-state index < -0.39 is 16.6 Å². The van der Waals surface area contributed by atoms with E-state index >= 15 is 0 Å². The number of methoxy groups -OCH3 is 1. The predicted molar refractivity (Wildman–Crippen MR) is 115 cm³/mol. The third-order valence-corrected chi connectivity index (χ3v) is 5.02. The van der Waals surface area contributed by atoms with Gasteiger partial charge in [-0.2, -0.15) is 0 Å². The molecule has 0 spiro atoms. The fraction of sp³-hybridized carbons (Fsp3) is 0.0526. The molecule has 29 heavy (non-hydrogen) atoms. The predicted octanol–water partition coefficient (Wildman–Crippen LogP) is 4.79. The van der Waals surface area contributed by atoms with Crippen LogP contribution in [0.15, 0.2) is 53.0 Å². The van der Waals surface area contributed by atoms with Gasteiger partial charge in [0.15, 0.2) is 5.11 Å². The van der Waals surface area contributed by atoms with E-state index in [2.05, 4.69) is 26.6 Å². The highest BCUT2D eigenvalue weighted by molar-refractivity contribution is 9.10. The Balaban J connectivity index is 1.86. The molecule has 2 N–H and O–H groups in total. The van der Waals surface area contributed by atoms with Crippen molar-refractivity contribution in [3.63, 3.8) is 0 Å². The molecule has 0 saturated carbocycles. The van der Waals surface area contributed by atoms with Crippen LogP contribution in [0.1, 0.15) is 10.4 Å². The minimum Gasteiger partial charge on any atom is -0.495 e. The van der Waals surface area contributed by atoms with Gasteiger partial charge < -0.3 is 10.1 Å². The zero-order chi connectivity index (χ0) is 21.1. The highest BCUT2D eigenvalue weighted by atomic mass is 79.9. The molecule has 3 aromatic carbocycles. The Hall–Kier alpha value is -3.11. The zero-order valence-corrected chi connectivity index (χ0v) is 17.3. The second-order valence-electron chi connectivity index (χ2n) is 5.82. The van der Waals surface area contributed by atoms with Gasteiger partial charge in [-0.1, -0.05) is 24.3 Å². The molecule has 3 aromatic rings. The van der Waals surface area contributed by atoms with Crippen molar-refractivity contribution in [1.82, 2.24) is 5.32 Å². The van der Waals surface area contributed by atoms with Crippen molar-refractivity contribution in [2.24, 2.45) is 0 Å². The van der Waals surface area contributed by atoms with Gasteiger partial charge in [-0.25, -0.2) is 4.39 Å². The fourth-order valence-electron chi connectivity index (χ4n) is 2.70. The first-order chi connectivity index (χ1) is 13.8. The summed E-state index contributed by atoms with van der Waals surface area (Å²) in [4.78, 5) is 22.9. The van der Waals surface area contributed by atoms with E-state index in [1.807, 2.05) is 24.3 Å². The number of anilines is 1. The van der Waals surface area contributed by atoms with Crippen molar-refractivity contribution in [3.05, 3.63) is 74.5 Å². The number of nitrogens with one attached hydrogen (secondary N) is 2. The average Bonchev–Trinajstić information content (AvgIpc) is 2.69. The third-order valence-electron chi connectivity index (χ3n) is 4.03. The largest absolute Gasteiger partial charge is 0.495 e. The molecule has 0 radical (unpaired) electrons. The number of amides is 1. The zero-order valence-electron chi connectivity index (χ0n) is 14.9. The van der Waals surface area contributed by atoms with Gasteiger partial charge >= 0.3 is 0 Å². The summed E-state index contributed by atoms with van der Waals surface area (Å²) in [6.07, 6.45) is 0. The summed E-state index contributed by atoms with van der Waals surface area (Å²) in [6.45, 7) is 0. The van der Waals surface area contributed by atoms with Gasteiger partial charge in [0.05, 0.1) is 27.8 Å². The maximum Gasteiger partial charge on any atom is 0.271 e. The lowest BCUT2D eigenvalue weighted by atomic mass is 10.1. The van der Waals surface area contributed by atoms with Crippen molar-refractivity contribution in [2.75, 3.05) is 12.4 Å². The Bertz CT molecular complexity index is 1160. The van der Waals surface area contributed by atoms with Crippen LogP contribution in [0.4, 0.5) is 15.8 Å². The Morgan fingerprint density at radius 2 is 1.97 bits per heavy atom. The Kier molecular flexibility index (Phi) is 6.04. The third kappa shape index (κ3) is 4.33. The van der Waals surface area contributed by atoms with Gasteiger partial charge in [0.2, 0.25) is 0 Å². The Morgan fingerprint density at radius 1 is 1.24 bits per heavy atom. The number of nitro groups is 1. The summed E-state index contributed by atoms with van der Waals surface area (Å²) in [6, 6.07) is 12.0. The normalized spacial score (nSPS) is 10.4. The number of halogens is 2. The van der Waals surface area contributed by atoms with Gasteiger partial charge in [0.25, 0.3) is 11.6 Å². The number of thiocarbonyl (C=S) groups is 1. The van der Waals surface area contributed by atoms with Crippen molar-refractivity contribution in [2.45, 2.75) is 0 Å². The number of nitro benzene ring substituents is 1. The molecule has 0 aliphatic rings. The maximum atomic E-state index is 13.9. The molecule has 0 aromatic heterocycles. The molecule has 0 heterocycles. The summed E-state index contributed by atoms with van der Waals surface area (Å²) in [5, 5.41) is 17.2. The molecule has 0 unspecified atom stereocenters. The second-order valence-corrected chi connectivity index (χ2v) is 7.02. The van der Waals surface area contributed by atoms with E-state index in [4.69, 9.17) is 17.0 Å². The summed E-state index contributed by atoms with van der Waals surface area (Å²) in [5.41, 5.74) is -0.332. The first-order valence-electron chi connectivity index (χ1n) is 8.13. The first-order valence-corrected chi connectivity index (χ1v) is 9.33. The number of rotatable bonds is 4. The molecule has 10 heteroatoms. The molecule has 0 atom stereocenters. The second kappa shape index (κ2) is 8.50. The van der Waals surface area contributed by atoms with Gasteiger partial charge in [-0.15, -0.1) is 0 Å². The van der Waals surface area contributed by atoms with Crippen LogP contribution in [0.2, 0.25) is 0 Å². The van der Waals surface area contributed by atoms with Gasteiger partial charge in [-0.05, 0) is 51.1 Å². The number of carbonyl (C=O) groups is 1. The van der Waals surface area contributed by atoms with Crippen LogP contribution in [0.3, 0.4) is 0 Å². The highest BCUT2D eigenvalue weighted by Crippen LogP contribution is 2.36. The monoisotopic (exact) mass is 477 g/mol. The summed E-state index contributed by atoms with van der Waals surface area (Å²) in [7, 11) is 1.43. The van der Waals surface area contributed by atoms with E-state index in [0.29, 0.717) is 10.2 Å². The molecule has 0 aliphatic carbocycles. The lowest BCUT2D eigenvalue weighted by Gasteiger charge is -2.14. The standard InChI is InChI=1S/C19H13BrFN3O4S/c1-28-17-13(8-10-4-2-3-5-12(10)16(17)20)18(25)23-19(29)22-15-9-11(24(26)27)6-7-14(15)21/h2-9H,1H3,(H2,22,23,25,29). The van der Waals surface area contributed by atoms with Crippen molar-refractivity contribution in [1.29, 1.82) is 0 Å². The molecule has 0 aliphatic heterocycles. The van der Waals surface area contributed by atoms with Crippen LogP contribution in [-0.2, 0) is 0 Å². The molecular formula is C19H13BrFN3O4S. The molecule has 0 saturated heterocycles. The number of non-ortho nitro benzene ring substituents is 1. The maximum absolute atomic E-state index is 13.9. The quantitative estimate of drug-likeness (QED) is 0.319.